The Kier molecular flexibility index (Phi) is 5.04. The van der Waals surface area contributed by atoms with E-state index in [-0.39, 0.29) is 16.6 Å². The van der Waals surface area contributed by atoms with Gasteiger partial charge in [0.25, 0.3) is 5.91 Å². The van der Waals surface area contributed by atoms with Crippen molar-refractivity contribution in [2.75, 3.05) is 17.7 Å². The van der Waals surface area contributed by atoms with Gasteiger partial charge in [0.1, 0.15) is 6.04 Å². The third-order valence-electron chi connectivity index (χ3n) is 4.64. The number of ether oxygens (including phenoxy) is 1. The summed E-state index contributed by atoms with van der Waals surface area (Å²) in [6, 6.07) is 5.97. The topological polar surface area (TPSA) is 92.8 Å². The van der Waals surface area contributed by atoms with Crippen LogP contribution < -0.4 is 5.32 Å². The fraction of sp³-hybridized carbons (Fsp3) is 0.444. The largest absolute Gasteiger partial charge is 0.454 e. The lowest BCUT2D eigenvalue weighted by atomic mass is 10.1. The molecule has 2 saturated heterocycles. The van der Waals surface area contributed by atoms with Crippen molar-refractivity contribution >= 4 is 41.0 Å². The summed E-state index contributed by atoms with van der Waals surface area (Å²) in [4.78, 5) is 49.3. The summed E-state index contributed by atoms with van der Waals surface area (Å²) >= 11 is 1.56. The van der Waals surface area contributed by atoms with Crippen molar-refractivity contribution in [1.82, 2.24) is 4.90 Å². The number of nitrogens with zero attached hydrogens (tertiary/aromatic N) is 1. The minimum Gasteiger partial charge on any atom is -0.454 e. The van der Waals surface area contributed by atoms with Gasteiger partial charge in [-0.25, -0.2) is 4.79 Å². The van der Waals surface area contributed by atoms with Gasteiger partial charge in [-0.05, 0) is 32.4 Å². The molecule has 0 saturated carbocycles. The number of fused-ring (bicyclic) bond motifs is 1. The molecule has 1 N–H and O–H groups in total. The fourth-order valence-corrected chi connectivity index (χ4v) is 4.73. The fourth-order valence-electron chi connectivity index (χ4n) is 3.31. The Morgan fingerprint density at radius 1 is 1.35 bits per heavy atom. The molecule has 2 aliphatic heterocycles. The number of benzene rings is 1. The van der Waals surface area contributed by atoms with Crippen LogP contribution in [0, 0.1) is 0 Å². The molecule has 2 heterocycles. The number of hydrogen-bond acceptors (Lipinski definition) is 6. The molecule has 0 bridgehead atoms. The Morgan fingerprint density at radius 3 is 2.81 bits per heavy atom. The van der Waals surface area contributed by atoms with E-state index in [0.29, 0.717) is 29.8 Å². The summed E-state index contributed by atoms with van der Waals surface area (Å²) in [5.74, 6) is -0.873. The molecular formula is C18H20N2O5S. The first kappa shape index (κ1) is 18.4. The molecule has 26 heavy (non-hydrogen) atoms. The summed E-state index contributed by atoms with van der Waals surface area (Å²) < 4.78 is 5.12. The van der Waals surface area contributed by atoms with Crippen LogP contribution in [-0.2, 0) is 19.1 Å². The van der Waals surface area contributed by atoms with Crippen LogP contribution in [0.15, 0.2) is 24.3 Å². The predicted octanol–water partition coefficient (Wildman–Crippen LogP) is 1.82. The second-order valence-corrected chi connectivity index (χ2v) is 8.02. The lowest BCUT2D eigenvalue weighted by Gasteiger charge is -2.29. The highest BCUT2D eigenvalue weighted by Crippen LogP contribution is 2.47. The molecule has 0 aromatic heterocycles. The number of esters is 1. The van der Waals surface area contributed by atoms with Gasteiger partial charge >= 0.3 is 5.97 Å². The molecule has 8 heteroatoms. The van der Waals surface area contributed by atoms with E-state index in [1.54, 1.807) is 40.9 Å². The number of nitrogens with one attached hydrogen (secondary N) is 1. The SMILES string of the molecule is CC(=O)c1ccccc1NC(=O)COC(=O)[C@@H]1CS[C@@]2(C)CCC(=O)N12. The second kappa shape index (κ2) is 7.11. The lowest BCUT2D eigenvalue weighted by Crippen LogP contribution is -2.47. The number of amides is 2. The van der Waals surface area contributed by atoms with Crippen LogP contribution in [0.5, 0.6) is 0 Å². The number of hydrogen-bond donors (Lipinski definition) is 1. The molecule has 1 aromatic rings. The van der Waals surface area contributed by atoms with E-state index in [4.69, 9.17) is 4.74 Å². The highest BCUT2D eigenvalue weighted by atomic mass is 32.2. The van der Waals surface area contributed by atoms with Crippen LogP contribution in [0.25, 0.3) is 0 Å². The summed E-state index contributed by atoms with van der Waals surface area (Å²) in [6.45, 7) is 2.89. The van der Waals surface area contributed by atoms with Crippen molar-refractivity contribution in [1.29, 1.82) is 0 Å². The van der Waals surface area contributed by atoms with Crippen LogP contribution in [0.1, 0.15) is 37.0 Å². The van der Waals surface area contributed by atoms with Gasteiger partial charge in [-0.2, -0.15) is 0 Å². The zero-order valence-electron chi connectivity index (χ0n) is 14.6. The molecular weight excluding hydrogens is 356 g/mol. The summed E-state index contributed by atoms with van der Waals surface area (Å²) in [7, 11) is 0. The number of carbonyl (C=O) groups is 4. The Bertz CT molecular complexity index is 781. The monoisotopic (exact) mass is 376 g/mol. The van der Waals surface area contributed by atoms with Crippen LogP contribution in [-0.4, -0.2) is 51.7 Å². The number of thioether (sulfide) groups is 1. The van der Waals surface area contributed by atoms with E-state index >= 15 is 0 Å². The molecule has 0 spiro atoms. The van der Waals surface area contributed by atoms with E-state index in [0.717, 1.165) is 0 Å². The minimum atomic E-state index is -0.655. The van der Waals surface area contributed by atoms with E-state index < -0.39 is 24.5 Å². The molecule has 2 atom stereocenters. The maximum absolute atomic E-state index is 12.3. The zero-order valence-corrected chi connectivity index (χ0v) is 15.4. The van der Waals surface area contributed by atoms with Gasteiger partial charge < -0.3 is 15.0 Å². The van der Waals surface area contributed by atoms with Crippen molar-refractivity contribution < 1.29 is 23.9 Å². The van der Waals surface area contributed by atoms with Crippen LogP contribution in [0.4, 0.5) is 5.69 Å². The molecule has 1 aromatic carbocycles. The summed E-state index contributed by atoms with van der Waals surface area (Å²) in [6.07, 6.45) is 1.14. The van der Waals surface area contributed by atoms with E-state index in [1.165, 1.54) is 6.92 Å². The smallest absolute Gasteiger partial charge is 0.330 e. The average molecular weight is 376 g/mol. The average Bonchev–Trinajstić information content (AvgIpc) is 3.09. The van der Waals surface area contributed by atoms with Crippen LogP contribution in [0.3, 0.4) is 0 Å². The van der Waals surface area contributed by atoms with Crippen molar-refractivity contribution in [3.05, 3.63) is 29.8 Å². The normalized spacial score (nSPS) is 24.3. The molecule has 0 radical (unpaired) electrons. The Morgan fingerprint density at radius 2 is 2.08 bits per heavy atom. The number of anilines is 1. The first-order chi connectivity index (χ1) is 12.3. The number of para-hydroxylation sites is 1. The van der Waals surface area contributed by atoms with Crippen molar-refractivity contribution in [2.24, 2.45) is 0 Å². The van der Waals surface area contributed by atoms with Crippen LogP contribution in [0.2, 0.25) is 0 Å². The number of Topliss-reactive ketones (excluding diaryl/α,β-unsaturated/α-hetero) is 1. The van der Waals surface area contributed by atoms with Gasteiger partial charge in [-0.1, -0.05) is 12.1 Å². The van der Waals surface area contributed by atoms with Crippen molar-refractivity contribution in [3.63, 3.8) is 0 Å². The van der Waals surface area contributed by atoms with Gasteiger partial charge in [0, 0.05) is 17.7 Å². The molecule has 0 aliphatic carbocycles. The molecule has 2 aliphatic rings. The maximum Gasteiger partial charge on any atom is 0.330 e. The first-order valence-electron chi connectivity index (χ1n) is 8.34. The quantitative estimate of drug-likeness (QED) is 0.622. The highest BCUT2D eigenvalue weighted by Gasteiger charge is 2.53. The molecule has 0 unspecified atom stereocenters. The Balaban J connectivity index is 1.58. The zero-order chi connectivity index (χ0) is 18.9. The van der Waals surface area contributed by atoms with Crippen molar-refractivity contribution in [3.8, 4) is 0 Å². The minimum absolute atomic E-state index is 0.0562. The first-order valence-corrected chi connectivity index (χ1v) is 9.33. The molecule has 3 rings (SSSR count). The van der Waals surface area contributed by atoms with E-state index in [1.807, 2.05) is 6.92 Å². The third-order valence-corrected chi connectivity index (χ3v) is 6.15. The molecule has 7 nitrogen and oxygen atoms in total. The van der Waals surface area contributed by atoms with Gasteiger partial charge in [-0.3, -0.25) is 14.4 Å². The van der Waals surface area contributed by atoms with E-state index in [2.05, 4.69) is 5.32 Å². The van der Waals surface area contributed by atoms with Crippen LogP contribution >= 0.6 is 11.8 Å². The summed E-state index contributed by atoms with van der Waals surface area (Å²) in [5, 5.41) is 2.58. The third kappa shape index (κ3) is 3.46. The predicted molar refractivity (Wildman–Crippen MR) is 96.8 cm³/mol. The van der Waals surface area contributed by atoms with Crippen molar-refractivity contribution in [2.45, 2.75) is 37.6 Å². The molecule has 2 fully saturated rings. The Hall–Kier alpha value is -2.35. The molecule has 2 amide bonds. The van der Waals surface area contributed by atoms with Gasteiger partial charge in [0.15, 0.2) is 12.4 Å². The summed E-state index contributed by atoms with van der Waals surface area (Å²) in [5.41, 5.74) is 0.762. The number of ketones is 1. The number of carbonyl (C=O) groups excluding carboxylic acids is 4. The second-order valence-electron chi connectivity index (χ2n) is 6.52. The number of rotatable bonds is 5. The standard InChI is InChI=1S/C18H20N2O5S/c1-11(21)12-5-3-4-6-13(12)19-15(22)9-25-17(24)14-10-26-18(2)8-7-16(23)20(14)18/h3-6,14H,7-10H2,1-2H3,(H,19,22)/t14-,18-/m0/s1. The van der Waals surface area contributed by atoms with Gasteiger partial charge in [0.05, 0.1) is 10.6 Å². The van der Waals surface area contributed by atoms with Gasteiger partial charge in [0.2, 0.25) is 5.91 Å². The highest BCUT2D eigenvalue weighted by molar-refractivity contribution is 8.01. The molecule has 138 valence electrons. The maximum atomic E-state index is 12.3. The Labute approximate surface area is 155 Å². The van der Waals surface area contributed by atoms with E-state index in [9.17, 15) is 19.2 Å². The van der Waals surface area contributed by atoms with Gasteiger partial charge in [-0.15, -0.1) is 11.8 Å². The lowest BCUT2D eigenvalue weighted by molar-refractivity contribution is -0.155.